The second kappa shape index (κ2) is 7.46. The van der Waals surface area contributed by atoms with Gasteiger partial charge in [0.05, 0.1) is 16.5 Å². The number of carbonyl (C=O) groups is 2. The molecule has 4 aromatic rings. The molecular weight excluding hydrogens is 366 g/mol. The fraction of sp³-hybridized carbons (Fsp3) is 0.105. The minimum atomic E-state index is -0.352. The molecule has 0 fully saturated rings. The SMILES string of the molecule is O=C(NCCNC(=O)c1ccc(-c2nc3ccccc3s2)o1)c1ccco1. The van der Waals surface area contributed by atoms with E-state index in [-0.39, 0.29) is 36.4 Å². The highest BCUT2D eigenvalue weighted by Gasteiger charge is 2.15. The first-order chi connectivity index (χ1) is 13.2. The number of rotatable bonds is 6. The number of amides is 2. The summed E-state index contributed by atoms with van der Waals surface area (Å²) in [6.45, 7) is 0.541. The molecule has 0 spiro atoms. The van der Waals surface area contributed by atoms with E-state index < -0.39 is 0 Å². The van der Waals surface area contributed by atoms with E-state index in [0.29, 0.717) is 5.76 Å². The summed E-state index contributed by atoms with van der Waals surface area (Å²) >= 11 is 1.51. The monoisotopic (exact) mass is 381 g/mol. The number of fused-ring (bicyclic) bond motifs is 1. The maximum Gasteiger partial charge on any atom is 0.287 e. The third-order valence-corrected chi connectivity index (χ3v) is 4.83. The van der Waals surface area contributed by atoms with Crippen LogP contribution in [0.5, 0.6) is 0 Å². The van der Waals surface area contributed by atoms with Crippen molar-refractivity contribution in [2.45, 2.75) is 0 Å². The number of furan rings is 2. The van der Waals surface area contributed by atoms with Gasteiger partial charge in [-0.3, -0.25) is 9.59 Å². The molecule has 0 aliphatic carbocycles. The molecule has 0 bridgehead atoms. The number of thiazole rings is 1. The zero-order chi connectivity index (χ0) is 18.6. The van der Waals surface area contributed by atoms with Gasteiger partial charge >= 0.3 is 0 Å². The van der Waals surface area contributed by atoms with E-state index >= 15 is 0 Å². The van der Waals surface area contributed by atoms with Crippen LogP contribution in [-0.4, -0.2) is 29.9 Å². The van der Waals surface area contributed by atoms with Crippen LogP contribution in [0.2, 0.25) is 0 Å². The van der Waals surface area contributed by atoms with Gasteiger partial charge in [0.2, 0.25) is 0 Å². The van der Waals surface area contributed by atoms with Gasteiger partial charge in [-0.1, -0.05) is 12.1 Å². The van der Waals surface area contributed by atoms with Crippen LogP contribution < -0.4 is 10.6 Å². The first-order valence-corrected chi connectivity index (χ1v) is 9.08. The van der Waals surface area contributed by atoms with Crippen LogP contribution in [0.25, 0.3) is 21.0 Å². The summed E-state index contributed by atoms with van der Waals surface area (Å²) < 4.78 is 11.7. The van der Waals surface area contributed by atoms with Crippen molar-refractivity contribution in [3.8, 4) is 10.8 Å². The second-order valence-electron chi connectivity index (χ2n) is 5.64. The molecule has 3 heterocycles. The van der Waals surface area contributed by atoms with E-state index in [2.05, 4.69) is 15.6 Å². The van der Waals surface area contributed by atoms with Crippen LogP contribution in [0.15, 0.2) is 63.6 Å². The lowest BCUT2D eigenvalue weighted by Crippen LogP contribution is -2.34. The molecule has 0 saturated carbocycles. The maximum atomic E-state index is 12.2. The van der Waals surface area contributed by atoms with Crippen molar-refractivity contribution in [2.75, 3.05) is 13.1 Å². The second-order valence-corrected chi connectivity index (χ2v) is 6.67. The van der Waals surface area contributed by atoms with E-state index in [4.69, 9.17) is 8.83 Å². The Labute approximate surface area is 158 Å². The van der Waals surface area contributed by atoms with Gasteiger partial charge < -0.3 is 19.5 Å². The molecule has 0 unspecified atom stereocenters. The normalized spacial score (nSPS) is 10.8. The number of hydrogen-bond donors (Lipinski definition) is 2. The summed E-state index contributed by atoms with van der Waals surface area (Å²) in [6.07, 6.45) is 1.43. The van der Waals surface area contributed by atoms with Crippen LogP contribution in [0, 0.1) is 0 Å². The number of carbonyl (C=O) groups excluding carboxylic acids is 2. The fourth-order valence-corrected chi connectivity index (χ4v) is 3.41. The average molecular weight is 381 g/mol. The van der Waals surface area contributed by atoms with E-state index in [1.54, 1.807) is 24.3 Å². The Morgan fingerprint density at radius 2 is 1.70 bits per heavy atom. The number of nitrogens with one attached hydrogen (secondary N) is 2. The molecule has 0 radical (unpaired) electrons. The summed E-state index contributed by atoms with van der Waals surface area (Å²) in [5.74, 6) is 0.293. The smallest absolute Gasteiger partial charge is 0.287 e. The zero-order valence-electron chi connectivity index (χ0n) is 14.1. The molecule has 3 aromatic heterocycles. The number of aromatic nitrogens is 1. The van der Waals surface area contributed by atoms with Gasteiger partial charge in [0.25, 0.3) is 11.8 Å². The first kappa shape index (κ1) is 17.0. The van der Waals surface area contributed by atoms with Gasteiger partial charge in [0.1, 0.15) is 0 Å². The number of nitrogens with zero attached hydrogens (tertiary/aromatic N) is 1. The average Bonchev–Trinajstić information content (AvgIpc) is 3.43. The maximum absolute atomic E-state index is 12.2. The minimum Gasteiger partial charge on any atom is -0.459 e. The van der Waals surface area contributed by atoms with E-state index in [1.807, 2.05) is 24.3 Å². The van der Waals surface area contributed by atoms with Crippen molar-refractivity contribution in [1.29, 1.82) is 0 Å². The van der Waals surface area contributed by atoms with Crippen molar-refractivity contribution in [3.05, 3.63) is 66.3 Å². The molecule has 8 heteroatoms. The molecule has 2 N–H and O–H groups in total. The van der Waals surface area contributed by atoms with Crippen LogP contribution >= 0.6 is 11.3 Å². The Kier molecular flexibility index (Phi) is 4.71. The molecule has 1 aromatic carbocycles. The summed E-state index contributed by atoms with van der Waals surface area (Å²) in [4.78, 5) is 28.4. The fourth-order valence-electron chi connectivity index (χ4n) is 2.49. The van der Waals surface area contributed by atoms with Gasteiger partial charge in [0.15, 0.2) is 22.3 Å². The van der Waals surface area contributed by atoms with Crippen molar-refractivity contribution < 1.29 is 18.4 Å². The lowest BCUT2D eigenvalue weighted by Gasteiger charge is -2.04. The van der Waals surface area contributed by atoms with Gasteiger partial charge in [-0.15, -0.1) is 11.3 Å². The van der Waals surface area contributed by atoms with Crippen molar-refractivity contribution in [3.63, 3.8) is 0 Å². The van der Waals surface area contributed by atoms with Crippen molar-refractivity contribution in [2.24, 2.45) is 0 Å². The third-order valence-electron chi connectivity index (χ3n) is 3.78. The van der Waals surface area contributed by atoms with Crippen molar-refractivity contribution >= 4 is 33.4 Å². The van der Waals surface area contributed by atoms with Gasteiger partial charge in [-0.05, 0) is 36.4 Å². The Morgan fingerprint density at radius 1 is 0.926 bits per heavy atom. The molecule has 4 rings (SSSR count). The molecule has 27 heavy (non-hydrogen) atoms. The minimum absolute atomic E-state index is 0.196. The lowest BCUT2D eigenvalue weighted by atomic mass is 10.3. The van der Waals surface area contributed by atoms with Gasteiger partial charge in [-0.2, -0.15) is 0 Å². The Hall–Kier alpha value is -3.39. The van der Waals surface area contributed by atoms with E-state index in [0.717, 1.165) is 15.2 Å². The van der Waals surface area contributed by atoms with Crippen molar-refractivity contribution in [1.82, 2.24) is 15.6 Å². The Bertz CT molecular complexity index is 1050. The summed E-state index contributed by atoms with van der Waals surface area (Å²) in [7, 11) is 0. The molecule has 2 amide bonds. The van der Waals surface area contributed by atoms with Crippen LogP contribution in [0.4, 0.5) is 0 Å². The molecule has 136 valence electrons. The lowest BCUT2D eigenvalue weighted by molar-refractivity contribution is 0.0901. The molecular formula is C19H15N3O4S. The van der Waals surface area contributed by atoms with E-state index in [9.17, 15) is 9.59 Å². The highest BCUT2D eigenvalue weighted by Crippen LogP contribution is 2.31. The molecule has 0 aliphatic rings. The van der Waals surface area contributed by atoms with E-state index in [1.165, 1.54) is 17.6 Å². The Morgan fingerprint density at radius 3 is 2.44 bits per heavy atom. The molecule has 7 nitrogen and oxygen atoms in total. The van der Waals surface area contributed by atoms with Crippen LogP contribution in [-0.2, 0) is 0 Å². The zero-order valence-corrected chi connectivity index (χ0v) is 14.9. The van der Waals surface area contributed by atoms with Crippen LogP contribution in [0.1, 0.15) is 21.1 Å². The predicted molar refractivity (Wildman–Crippen MR) is 101 cm³/mol. The predicted octanol–water partition coefficient (Wildman–Crippen LogP) is 3.31. The van der Waals surface area contributed by atoms with Gasteiger partial charge in [0, 0.05) is 13.1 Å². The highest BCUT2D eigenvalue weighted by atomic mass is 32.1. The first-order valence-electron chi connectivity index (χ1n) is 8.26. The quantitative estimate of drug-likeness (QED) is 0.500. The molecule has 0 aliphatic heterocycles. The molecule has 0 saturated heterocycles. The standard InChI is InChI=1S/C19H15N3O4S/c23-17(13-5-3-11-25-13)20-9-10-21-18(24)14-7-8-15(26-14)19-22-12-4-1-2-6-16(12)27-19/h1-8,11H,9-10H2,(H,20,23)(H,21,24). The largest absolute Gasteiger partial charge is 0.459 e. The van der Waals surface area contributed by atoms with Gasteiger partial charge in [-0.25, -0.2) is 4.98 Å². The Balaban J connectivity index is 1.32. The summed E-state index contributed by atoms with van der Waals surface area (Å²) in [5, 5.41) is 6.07. The summed E-state index contributed by atoms with van der Waals surface area (Å²) in [5.41, 5.74) is 0.896. The van der Waals surface area contributed by atoms with Crippen LogP contribution in [0.3, 0.4) is 0 Å². The molecule has 0 atom stereocenters. The highest BCUT2D eigenvalue weighted by molar-refractivity contribution is 7.21. The summed E-state index contributed by atoms with van der Waals surface area (Å²) in [6, 6.07) is 14.3. The number of para-hydroxylation sites is 1. The number of hydrogen-bond acceptors (Lipinski definition) is 6. The topological polar surface area (TPSA) is 97.4 Å². The third kappa shape index (κ3) is 3.75. The number of benzene rings is 1.